The smallest absolute Gasteiger partial charge is 0.269 e. The molecule has 4 aliphatic rings. The molecule has 2 aromatic carbocycles. The van der Waals surface area contributed by atoms with Crippen molar-refractivity contribution in [2.75, 3.05) is 16.8 Å². The molecule has 6 rings (SSSR count). The molecule has 1 N–H and O–H groups in total. The van der Waals surface area contributed by atoms with Crippen LogP contribution in [0.5, 0.6) is 0 Å². The summed E-state index contributed by atoms with van der Waals surface area (Å²) < 4.78 is 0. The van der Waals surface area contributed by atoms with Gasteiger partial charge in [0.1, 0.15) is 5.54 Å². The van der Waals surface area contributed by atoms with Crippen LogP contribution in [0.25, 0.3) is 0 Å². The summed E-state index contributed by atoms with van der Waals surface area (Å²) in [6, 6.07) is 9.64. The second kappa shape index (κ2) is 6.48. The van der Waals surface area contributed by atoms with Gasteiger partial charge in [0.05, 0.1) is 22.4 Å². The summed E-state index contributed by atoms with van der Waals surface area (Å²) in [6.07, 6.45) is 1.59. The number of nitrogens with zero attached hydrogens (tertiary/aromatic N) is 3. The van der Waals surface area contributed by atoms with Gasteiger partial charge in [0.2, 0.25) is 17.7 Å². The maximum absolute atomic E-state index is 14.0. The van der Waals surface area contributed by atoms with E-state index in [1.165, 1.54) is 18.2 Å². The summed E-state index contributed by atoms with van der Waals surface area (Å²) in [6.45, 7) is 4.24. The van der Waals surface area contributed by atoms with Crippen LogP contribution < -0.4 is 10.2 Å². The number of imide groups is 1. The fourth-order valence-electron chi connectivity index (χ4n) is 6.56. The Labute approximate surface area is 189 Å². The maximum Gasteiger partial charge on any atom is 0.269 e. The second-order valence-electron chi connectivity index (χ2n) is 9.42. The van der Waals surface area contributed by atoms with E-state index in [0.29, 0.717) is 23.5 Å². The second-order valence-corrected chi connectivity index (χ2v) is 9.42. The average Bonchev–Trinajstić information content (AvgIpc) is 3.47. The molecule has 0 unspecified atom stereocenters. The molecule has 1 spiro atoms. The normalized spacial score (nSPS) is 30.1. The van der Waals surface area contributed by atoms with E-state index in [0.717, 1.165) is 28.9 Å². The minimum atomic E-state index is -1.22. The van der Waals surface area contributed by atoms with Gasteiger partial charge in [-0.1, -0.05) is 17.7 Å². The van der Waals surface area contributed by atoms with Gasteiger partial charge in [-0.2, -0.15) is 0 Å². The van der Waals surface area contributed by atoms with E-state index in [1.54, 1.807) is 6.92 Å². The lowest BCUT2D eigenvalue weighted by molar-refractivity contribution is -0.384. The minimum absolute atomic E-state index is 0.103. The number of nitro groups is 1. The minimum Gasteiger partial charge on any atom is -0.324 e. The molecule has 3 amide bonds. The molecule has 3 saturated heterocycles. The lowest BCUT2D eigenvalue weighted by Crippen LogP contribution is -2.54. The molecule has 168 valence electrons. The highest BCUT2D eigenvalue weighted by atomic mass is 16.6. The van der Waals surface area contributed by atoms with E-state index in [4.69, 9.17) is 0 Å². The van der Waals surface area contributed by atoms with Crippen molar-refractivity contribution in [2.45, 2.75) is 38.3 Å². The summed E-state index contributed by atoms with van der Waals surface area (Å²) in [5, 5.41) is 14.1. The molecule has 4 heterocycles. The van der Waals surface area contributed by atoms with E-state index < -0.39 is 28.2 Å². The predicted molar refractivity (Wildman–Crippen MR) is 119 cm³/mol. The molecule has 9 heteroatoms. The molecule has 0 aliphatic carbocycles. The molecule has 3 fully saturated rings. The number of carbonyl (C=O) groups is 3. The van der Waals surface area contributed by atoms with E-state index in [9.17, 15) is 24.5 Å². The van der Waals surface area contributed by atoms with Crippen LogP contribution in [0.3, 0.4) is 0 Å². The van der Waals surface area contributed by atoms with Crippen LogP contribution in [0.15, 0.2) is 36.4 Å². The predicted octanol–water partition coefficient (Wildman–Crippen LogP) is 2.64. The monoisotopic (exact) mass is 446 g/mol. The number of non-ortho nitro benzene ring substituents is 1. The molecule has 4 aliphatic heterocycles. The SMILES string of the molecule is Cc1ccc2c(c1)[C@]1(C(=O)N2)[C@@H]2C(=O)N(c3ccc([N+](=O)[O-])cc3C)C(=O)[C@@H]2[C@H]2CCCN21. The van der Waals surface area contributed by atoms with Gasteiger partial charge in [-0.25, -0.2) is 4.90 Å². The van der Waals surface area contributed by atoms with Gasteiger partial charge in [0.15, 0.2) is 0 Å². The number of hydrogen-bond donors (Lipinski definition) is 1. The van der Waals surface area contributed by atoms with Crippen LogP contribution in [0.2, 0.25) is 0 Å². The number of amides is 3. The van der Waals surface area contributed by atoms with Crippen LogP contribution in [0.4, 0.5) is 17.1 Å². The van der Waals surface area contributed by atoms with Crippen molar-refractivity contribution in [3.8, 4) is 0 Å². The number of hydrogen-bond acceptors (Lipinski definition) is 6. The van der Waals surface area contributed by atoms with E-state index in [2.05, 4.69) is 10.2 Å². The van der Waals surface area contributed by atoms with Gasteiger partial charge >= 0.3 is 0 Å². The first kappa shape index (κ1) is 20.0. The van der Waals surface area contributed by atoms with Crippen molar-refractivity contribution in [3.63, 3.8) is 0 Å². The Kier molecular flexibility index (Phi) is 3.93. The lowest BCUT2D eigenvalue weighted by Gasteiger charge is -2.36. The number of benzene rings is 2. The van der Waals surface area contributed by atoms with Crippen molar-refractivity contribution in [1.29, 1.82) is 0 Å². The lowest BCUT2D eigenvalue weighted by atomic mass is 9.75. The van der Waals surface area contributed by atoms with E-state index >= 15 is 0 Å². The Morgan fingerprint density at radius 3 is 2.61 bits per heavy atom. The van der Waals surface area contributed by atoms with Crippen LogP contribution in [-0.2, 0) is 19.9 Å². The Morgan fingerprint density at radius 1 is 1.09 bits per heavy atom. The number of rotatable bonds is 2. The van der Waals surface area contributed by atoms with Crippen LogP contribution in [-0.4, -0.2) is 40.1 Å². The maximum atomic E-state index is 14.0. The Hall–Kier alpha value is -3.59. The molecule has 9 nitrogen and oxygen atoms in total. The van der Waals surface area contributed by atoms with Crippen LogP contribution >= 0.6 is 0 Å². The molecule has 4 atom stereocenters. The Bertz CT molecular complexity index is 1290. The molecular weight excluding hydrogens is 424 g/mol. The molecule has 33 heavy (non-hydrogen) atoms. The van der Waals surface area contributed by atoms with Gasteiger partial charge in [0.25, 0.3) is 5.69 Å². The Morgan fingerprint density at radius 2 is 1.88 bits per heavy atom. The molecular formula is C24H22N4O5. The first-order chi connectivity index (χ1) is 15.8. The summed E-state index contributed by atoms with van der Waals surface area (Å²) in [5.74, 6) is -2.48. The molecule has 2 aromatic rings. The molecule has 0 radical (unpaired) electrons. The third kappa shape index (κ3) is 2.32. The van der Waals surface area contributed by atoms with Gasteiger partial charge in [-0.3, -0.25) is 29.4 Å². The quantitative estimate of drug-likeness (QED) is 0.431. The van der Waals surface area contributed by atoms with Gasteiger partial charge in [-0.15, -0.1) is 0 Å². The van der Waals surface area contributed by atoms with Crippen molar-refractivity contribution in [1.82, 2.24) is 4.90 Å². The van der Waals surface area contributed by atoms with E-state index in [1.807, 2.05) is 25.1 Å². The number of carbonyl (C=O) groups excluding carboxylic acids is 3. The Balaban J connectivity index is 1.53. The summed E-state index contributed by atoms with van der Waals surface area (Å²) >= 11 is 0. The van der Waals surface area contributed by atoms with Gasteiger partial charge in [-0.05, 0) is 50.9 Å². The van der Waals surface area contributed by atoms with Crippen LogP contribution in [0.1, 0.15) is 29.5 Å². The molecule has 0 bridgehead atoms. The summed E-state index contributed by atoms with van der Waals surface area (Å²) in [4.78, 5) is 55.2. The average molecular weight is 446 g/mol. The van der Waals surface area contributed by atoms with Gasteiger partial charge in [0, 0.05) is 29.4 Å². The van der Waals surface area contributed by atoms with Gasteiger partial charge < -0.3 is 5.32 Å². The largest absolute Gasteiger partial charge is 0.324 e. The summed E-state index contributed by atoms with van der Waals surface area (Å²) in [5.41, 5.74) is 1.90. The highest BCUT2D eigenvalue weighted by Gasteiger charge is 2.74. The van der Waals surface area contributed by atoms with Crippen molar-refractivity contribution in [2.24, 2.45) is 11.8 Å². The van der Waals surface area contributed by atoms with Crippen molar-refractivity contribution in [3.05, 3.63) is 63.2 Å². The number of fused-ring (bicyclic) bond motifs is 7. The first-order valence-electron chi connectivity index (χ1n) is 11.1. The zero-order chi connectivity index (χ0) is 23.2. The van der Waals surface area contributed by atoms with Crippen molar-refractivity contribution >= 4 is 34.8 Å². The number of nitro benzene ring substituents is 1. The highest BCUT2D eigenvalue weighted by Crippen LogP contribution is 2.60. The third-order valence-electron chi connectivity index (χ3n) is 7.78. The first-order valence-corrected chi connectivity index (χ1v) is 11.1. The molecule has 0 aromatic heterocycles. The standard InChI is InChI=1S/C24H22N4O5/c1-12-5-7-16-15(10-12)24(23(31)25-16)20-19(18-4-3-9-26(18)24)21(29)27(22(20)30)17-8-6-14(28(32)33)11-13(17)2/h5-8,10-11,18-20H,3-4,9H2,1-2H3,(H,25,31)/t18-,19-,20+,24-/m1/s1. The third-order valence-corrected chi connectivity index (χ3v) is 7.78. The number of nitrogens with one attached hydrogen (secondary N) is 1. The zero-order valence-electron chi connectivity index (χ0n) is 18.2. The number of anilines is 2. The zero-order valence-corrected chi connectivity index (χ0v) is 18.2. The number of aryl methyl sites for hydroxylation is 2. The summed E-state index contributed by atoms with van der Waals surface area (Å²) in [7, 11) is 0. The fraction of sp³-hybridized carbons (Fsp3) is 0.375. The molecule has 0 saturated carbocycles. The van der Waals surface area contributed by atoms with Crippen molar-refractivity contribution < 1.29 is 19.3 Å². The highest BCUT2D eigenvalue weighted by molar-refractivity contribution is 6.26. The topological polar surface area (TPSA) is 113 Å². The van der Waals surface area contributed by atoms with E-state index in [-0.39, 0.29) is 23.5 Å². The fourth-order valence-corrected chi connectivity index (χ4v) is 6.56. The van der Waals surface area contributed by atoms with Crippen LogP contribution in [0, 0.1) is 35.8 Å².